The number of amides is 3. The van der Waals surface area contributed by atoms with Crippen LogP contribution in [0.5, 0.6) is 5.75 Å². The van der Waals surface area contributed by atoms with E-state index in [4.69, 9.17) is 4.74 Å². The molecule has 3 amide bonds. The maximum atomic E-state index is 12.4. The Kier molecular flexibility index (Phi) is 6.67. The Bertz CT molecular complexity index is 741. The topological polar surface area (TPSA) is 73.9 Å². The van der Waals surface area contributed by atoms with Crippen molar-refractivity contribution in [2.45, 2.75) is 0 Å². The normalized spacial score (nSPS) is 14.6. The molecule has 1 aliphatic rings. The highest BCUT2D eigenvalue weighted by atomic mass is 32.1. The molecule has 144 valence electrons. The van der Waals surface area contributed by atoms with Gasteiger partial charge in [-0.1, -0.05) is 6.07 Å². The van der Waals surface area contributed by atoms with Crippen LogP contribution in [0.3, 0.4) is 0 Å². The molecule has 2 N–H and O–H groups in total. The van der Waals surface area contributed by atoms with Gasteiger partial charge in [0.2, 0.25) is 0 Å². The molecule has 1 aromatic heterocycles. The third kappa shape index (κ3) is 5.45. The van der Waals surface area contributed by atoms with Gasteiger partial charge in [0.1, 0.15) is 5.75 Å². The second kappa shape index (κ2) is 9.38. The minimum Gasteiger partial charge on any atom is -0.497 e. The van der Waals surface area contributed by atoms with Crippen LogP contribution in [0.2, 0.25) is 0 Å². The summed E-state index contributed by atoms with van der Waals surface area (Å²) in [5.74, 6) is 0.732. The molecule has 3 rings (SSSR count). The van der Waals surface area contributed by atoms with E-state index in [2.05, 4.69) is 15.5 Å². The molecule has 0 spiro atoms. The van der Waals surface area contributed by atoms with E-state index in [0.29, 0.717) is 19.6 Å². The lowest BCUT2D eigenvalue weighted by Crippen LogP contribution is -2.51. The Morgan fingerprint density at radius 2 is 1.85 bits per heavy atom. The molecule has 0 unspecified atom stereocenters. The smallest absolute Gasteiger partial charge is 0.321 e. The van der Waals surface area contributed by atoms with Crippen LogP contribution < -0.4 is 15.4 Å². The van der Waals surface area contributed by atoms with E-state index in [1.807, 2.05) is 46.7 Å². The van der Waals surface area contributed by atoms with Crippen LogP contribution >= 0.6 is 11.3 Å². The number of carbonyl (C=O) groups excluding carboxylic acids is 2. The van der Waals surface area contributed by atoms with Crippen LogP contribution in [0.1, 0.15) is 9.67 Å². The van der Waals surface area contributed by atoms with Crippen LogP contribution in [0, 0.1) is 0 Å². The summed E-state index contributed by atoms with van der Waals surface area (Å²) in [5.41, 5.74) is 0.750. The molecular formula is C19H24N4O3S. The highest BCUT2D eigenvalue weighted by Crippen LogP contribution is 2.16. The molecule has 2 heterocycles. The Morgan fingerprint density at radius 1 is 1.11 bits per heavy atom. The maximum Gasteiger partial charge on any atom is 0.321 e. The van der Waals surface area contributed by atoms with E-state index in [9.17, 15) is 9.59 Å². The molecule has 27 heavy (non-hydrogen) atoms. The van der Waals surface area contributed by atoms with Crippen molar-refractivity contribution in [3.05, 3.63) is 46.7 Å². The number of thiophene rings is 1. The third-order valence-electron chi connectivity index (χ3n) is 4.46. The average molecular weight is 388 g/mol. The lowest BCUT2D eigenvalue weighted by Gasteiger charge is -2.34. The molecule has 1 fully saturated rings. The van der Waals surface area contributed by atoms with E-state index < -0.39 is 0 Å². The number of methoxy groups -OCH3 is 1. The summed E-state index contributed by atoms with van der Waals surface area (Å²) in [4.78, 5) is 29.1. The molecular weight excluding hydrogens is 364 g/mol. The summed E-state index contributed by atoms with van der Waals surface area (Å²) in [5, 5.41) is 7.74. The summed E-state index contributed by atoms with van der Waals surface area (Å²) < 4.78 is 5.12. The number of hydrogen-bond acceptors (Lipinski definition) is 5. The van der Waals surface area contributed by atoms with Crippen molar-refractivity contribution < 1.29 is 14.3 Å². The summed E-state index contributed by atoms with van der Waals surface area (Å²) in [7, 11) is 1.61. The fourth-order valence-corrected chi connectivity index (χ4v) is 3.51. The number of anilines is 1. The van der Waals surface area contributed by atoms with E-state index in [-0.39, 0.29) is 11.9 Å². The van der Waals surface area contributed by atoms with Crippen molar-refractivity contribution >= 4 is 29.0 Å². The maximum absolute atomic E-state index is 12.4. The number of carbonyl (C=O) groups is 2. The first kappa shape index (κ1) is 19.2. The monoisotopic (exact) mass is 388 g/mol. The second-order valence-corrected chi connectivity index (χ2v) is 7.17. The van der Waals surface area contributed by atoms with Gasteiger partial charge >= 0.3 is 6.03 Å². The molecule has 0 bridgehead atoms. The Labute approximate surface area is 162 Å². The third-order valence-corrected chi connectivity index (χ3v) is 5.33. The van der Waals surface area contributed by atoms with Crippen molar-refractivity contribution in [2.75, 3.05) is 51.7 Å². The molecule has 7 nitrogen and oxygen atoms in total. The van der Waals surface area contributed by atoms with E-state index in [1.165, 1.54) is 11.3 Å². The number of ether oxygens (including phenoxy) is 1. The molecule has 0 aliphatic carbocycles. The Hall–Kier alpha value is -2.58. The molecule has 2 aromatic rings. The average Bonchev–Trinajstić information content (AvgIpc) is 3.24. The highest BCUT2D eigenvalue weighted by molar-refractivity contribution is 7.12. The van der Waals surface area contributed by atoms with Gasteiger partial charge in [-0.3, -0.25) is 9.69 Å². The minimum absolute atomic E-state index is 0.0255. The quantitative estimate of drug-likeness (QED) is 0.797. The zero-order valence-corrected chi connectivity index (χ0v) is 16.1. The van der Waals surface area contributed by atoms with Crippen molar-refractivity contribution in [3.63, 3.8) is 0 Å². The number of benzene rings is 1. The molecule has 0 saturated carbocycles. The van der Waals surface area contributed by atoms with Gasteiger partial charge in [0.05, 0.1) is 12.0 Å². The summed E-state index contributed by atoms with van der Waals surface area (Å²) >= 11 is 1.44. The first-order chi connectivity index (χ1) is 13.2. The SMILES string of the molecule is COc1ccc(NC(=O)N2CCN(CCNC(=O)c3cccs3)CC2)cc1. The molecule has 0 radical (unpaired) electrons. The van der Waals surface area contributed by atoms with Gasteiger partial charge in [0.25, 0.3) is 5.91 Å². The van der Waals surface area contributed by atoms with Crippen LogP contribution in [0.15, 0.2) is 41.8 Å². The van der Waals surface area contributed by atoms with Crippen molar-refractivity contribution in [2.24, 2.45) is 0 Å². The van der Waals surface area contributed by atoms with E-state index in [1.54, 1.807) is 7.11 Å². The largest absolute Gasteiger partial charge is 0.497 e. The standard InChI is InChI=1S/C19H24N4O3S/c1-26-16-6-4-15(5-7-16)21-19(25)23-12-10-22(11-13-23)9-8-20-18(24)17-3-2-14-27-17/h2-7,14H,8-13H2,1H3,(H,20,24)(H,21,25). The van der Waals surface area contributed by atoms with Gasteiger partial charge < -0.3 is 20.3 Å². The van der Waals surface area contributed by atoms with Crippen LogP contribution in [-0.2, 0) is 0 Å². The molecule has 1 saturated heterocycles. The van der Waals surface area contributed by atoms with Crippen molar-refractivity contribution in [1.82, 2.24) is 15.1 Å². The summed E-state index contributed by atoms with van der Waals surface area (Å²) in [6.07, 6.45) is 0. The Morgan fingerprint density at radius 3 is 2.48 bits per heavy atom. The molecule has 8 heteroatoms. The lowest BCUT2D eigenvalue weighted by atomic mass is 10.3. The van der Waals surface area contributed by atoms with Gasteiger partial charge in [-0.25, -0.2) is 4.79 Å². The zero-order valence-electron chi connectivity index (χ0n) is 15.3. The number of nitrogens with one attached hydrogen (secondary N) is 2. The van der Waals surface area contributed by atoms with Crippen LogP contribution in [-0.4, -0.2) is 68.1 Å². The van der Waals surface area contributed by atoms with Crippen molar-refractivity contribution in [1.29, 1.82) is 0 Å². The van der Waals surface area contributed by atoms with E-state index in [0.717, 1.165) is 35.9 Å². The molecule has 1 aromatic carbocycles. The fourth-order valence-electron chi connectivity index (χ4n) is 2.87. The van der Waals surface area contributed by atoms with Gasteiger partial charge in [-0.15, -0.1) is 11.3 Å². The van der Waals surface area contributed by atoms with Gasteiger partial charge in [0, 0.05) is 45.0 Å². The van der Waals surface area contributed by atoms with Crippen LogP contribution in [0.25, 0.3) is 0 Å². The second-order valence-electron chi connectivity index (χ2n) is 6.22. The number of hydrogen-bond donors (Lipinski definition) is 2. The molecule has 1 aliphatic heterocycles. The van der Waals surface area contributed by atoms with Crippen LogP contribution in [0.4, 0.5) is 10.5 Å². The Balaban J connectivity index is 1.36. The first-order valence-corrected chi connectivity index (χ1v) is 9.78. The lowest BCUT2D eigenvalue weighted by molar-refractivity contribution is 0.0946. The number of urea groups is 1. The van der Waals surface area contributed by atoms with Gasteiger partial charge in [-0.2, -0.15) is 0 Å². The number of nitrogens with zero attached hydrogens (tertiary/aromatic N) is 2. The van der Waals surface area contributed by atoms with Gasteiger partial charge in [-0.05, 0) is 35.7 Å². The van der Waals surface area contributed by atoms with E-state index >= 15 is 0 Å². The minimum atomic E-state index is -0.0918. The van der Waals surface area contributed by atoms with Crippen molar-refractivity contribution in [3.8, 4) is 5.75 Å². The fraction of sp³-hybridized carbons (Fsp3) is 0.368. The predicted molar refractivity (Wildman–Crippen MR) is 107 cm³/mol. The highest BCUT2D eigenvalue weighted by Gasteiger charge is 2.21. The molecule has 0 atom stereocenters. The first-order valence-electron chi connectivity index (χ1n) is 8.90. The zero-order chi connectivity index (χ0) is 19.1. The predicted octanol–water partition coefficient (Wildman–Crippen LogP) is 2.34. The number of rotatable bonds is 6. The van der Waals surface area contributed by atoms with Gasteiger partial charge in [0.15, 0.2) is 0 Å². The summed E-state index contributed by atoms with van der Waals surface area (Å²) in [6, 6.07) is 10.9. The number of piperazine rings is 1. The summed E-state index contributed by atoms with van der Waals surface area (Å²) in [6.45, 7) is 4.32.